The Morgan fingerprint density at radius 2 is 2.00 bits per heavy atom. The van der Waals surface area contributed by atoms with Gasteiger partial charge in [0.15, 0.2) is 5.82 Å². The van der Waals surface area contributed by atoms with Gasteiger partial charge in [0.1, 0.15) is 6.61 Å². The summed E-state index contributed by atoms with van der Waals surface area (Å²) in [6.45, 7) is 2.31. The number of hydrogen-bond donors (Lipinski definition) is 2. The van der Waals surface area contributed by atoms with Crippen molar-refractivity contribution in [2.45, 2.75) is 51.0 Å². The van der Waals surface area contributed by atoms with Gasteiger partial charge in [-0.15, -0.1) is 0 Å². The molecule has 0 atom stereocenters. The van der Waals surface area contributed by atoms with Crippen LogP contribution in [0.1, 0.15) is 48.9 Å². The molecule has 2 N–H and O–H groups in total. The lowest BCUT2D eigenvalue weighted by Gasteiger charge is -2.41. The third-order valence-corrected chi connectivity index (χ3v) is 5.73. The number of anilines is 1. The van der Waals surface area contributed by atoms with E-state index in [-0.39, 0.29) is 23.2 Å². The Balaban J connectivity index is 1.42. The van der Waals surface area contributed by atoms with Crippen molar-refractivity contribution in [3.63, 3.8) is 0 Å². The maximum absolute atomic E-state index is 12.4. The van der Waals surface area contributed by atoms with Crippen LogP contribution in [0.3, 0.4) is 0 Å². The average Bonchev–Trinajstić information content (AvgIpc) is 3.02. The molecule has 1 amide bonds. The molecular formula is C20H23N3O3. The first kappa shape index (κ1) is 16.8. The minimum absolute atomic E-state index is 0.00843. The van der Waals surface area contributed by atoms with Crippen molar-refractivity contribution < 1.29 is 14.3 Å². The summed E-state index contributed by atoms with van der Waals surface area (Å²) in [6, 6.07) is 9.72. The van der Waals surface area contributed by atoms with Crippen molar-refractivity contribution in [1.29, 1.82) is 0 Å². The van der Waals surface area contributed by atoms with Crippen LogP contribution in [-0.2, 0) is 26.3 Å². The number of hydrogen-bond acceptors (Lipinski definition) is 4. The molecule has 2 aromatic rings. The van der Waals surface area contributed by atoms with Crippen LogP contribution in [-0.4, -0.2) is 22.1 Å². The fourth-order valence-corrected chi connectivity index (χ4v) is 4.42. The summed E-state index contributed by atoms with van der Waals surface area (Å²) >= 11 is 0. The summed E-state index contributed by atoms with van der Waals surface area (Å²) in [4.78, 5) is 24.6. The maximum Gasteiger partial charge on any atom is 0.309 e. The lowest BCUT2D eigenvalue weighted by atomic mass is 9.63. The molecule has 1 fully saturated rings. The minimum atomic E-state index is -0.203. The lowest BCUT2D eigenvalue weighted by Crippen LogP contribution is -2.41. The summed E-state index contributed by atoms with van der Waals surface area (Å²) in [5.41, 5.74) is 2.92. The molecule has 0 bridgehead atoms. The third kappa shape index (κ3) is 3.00. The molecule has 1 aromatic carbocycles. The van der Waals surface area contributed by atoms with E-state index >= 15 is 0 Å². The second kappa shape index (κ2) is 6.59. The molecule has 0 saturated heterocycles. The van der Waals surface area contributed by atoms with Gasteiger partial charge in [0, 0.05) is 23.1 Å². The Labute approximate surface area is 152 Å². The Hall–Kier alpha value is -2.63. The molecular weight excluding hydrogens is 330 g/mol. The molecule has 2 aliphatic rings. The molecule has 26 heavy (non-hydrogen) atoms. The van der Waals surface area contributed by atoms with Crippen molar-refractivity contribution >= 4 is 17.7 Å². The van der Waals surface area contributed by atoms with E-state index in [0.717, 1.165) is 42.5 Å². The first-order chi connectivity index (χ1) is 12.6. The zero-order valence-electron chi connectivity index (χ0n) is 14.9. The van der Waals surface area contributed by atoms with Crippen LogP contribution < -0.4 is 5.32 Å². The molecule has 6 heteroatoms. The van der Waals surface area contributed by atoms with Crippen LogP contribution in [0.2, 0.25) is 0 Å². The Bertz CT molecular complexity index is 820. The molecule has 1 spiro atoms. The van der Waals surface area contributed by atoms with Gasteiger partial charge in [0.05, 0.1) is 5.92 Å². The average molecular weight is 353 g/mol. The van der Waals surface area contributed by atoms with Gasteiger partial charge in [-0.05, 0) is 38.2 Å². The number of fused-ring (bicyclic) bond motifs is 2. The minimum Gasteiger partial charge on any atom is -0.461 e. The largest absolute Gasteiger partial charge is 0.461 e. The lowest BCUT2D eigenvalue weighted by molar-refractivity contribution is -0.151. The number of carbonyl (C=O) groups excluding carboxylic acids is 2. The maximum atomic E-state index is 12.4. The number of H-pyrrole nitrogens is 1. The van der Waals surface area contributed by atoms with Crippen LogP contribution in [0.25, 0.3) is 0 Å². The van der Waals surface area contributed by atoms with Gasteiger partial charge < -0.3 is 10.1 Å². The summed E-state index contributed by atoms with van der Waals surface area (Å²) in [6.07, 6.45) is 3.56. The van der Waals surface area contributed by atoms with E-state index in [2.05, 4.69) is 15.5 Å². The number of aryl methyl sites for hydroxylation is 1. The van der Waals surface area contributed by atoms with Gasteiger partial charge in [-0.3, -0.25) is 14.7 Å². The van der Waals surface area contributed by atoms with Crippen LogP contribution in [0, 0.1) is 12.8 Å². The fraction of sp³-hybridized carbons (Fsp3) is 0.450. The number of carbonyl (C=O) groups is 2. The van der Waals surface area contributed by atoms with Gasteiger partial charge in [0.25, 0.3) is 0 Å². The number of nitrogens with zero attached hydrogens (tertiary/aromatic N) is 1. The second-order valence-electron chi connectivity index (χ2n) is 7.45. The van der Waals surface area contributed by atoms with Gasteiger partial charge in [-0.1, -0.05) is 30.3 Å². The van der Waals surface area contributed by atoms with Crippen molar-refractivity contribution in [2.75, 3.05) is 5.32 Å². The monoisotopic (exact) mass is 353 g/mol. The highest BCUT2D eigenvalue weighted by Gasteiger charge is 2.46. The Kier molecular flexibility index (Phi) is 4.26. The predicted molar refractivity (Wildman–Crippen MR) is 96.4 cm³/mol. The summed E-state index contributed by atoms with van der Waals surface area (Å²) in [5, 5.41) is 10.1. The number of ether oxygens (including phenoxy) is 1. The number of aromatic amines is 1. The summed E-state index contributed by atoms with van der Waals surface area (Å²) in [7, 11) is 0. The SMILES string of the molecule is Cc1[nH]nc2c1C1(CCC(C(=O)OCc3ccccc3)CC1)CC(=O)N2. The van der Waals surface area contributed by atoms with Gasteiger partial charge in [-0.2, -0.15) is 5.10 Å². The third-order valence-electron chi connectivity index (χ3n) is 5.73. The smallest absolute Gasteiger partial charge is 0.309 e. The van der Waals surface area contributed by atoms with E-state index in [9.17, 15) is 9.59 Å². The van der Waals surface area contributed by atoms with Crippen molar-refractivity contribution in [1.82, 2.24) is 10.2 Å². The quantitative estimate of drug-likeness (QED) is 0.830. The van der Waals surface area contributed by atoms with E-state index < -0.39 is 0 Å². The number of nitrogens with one attached hydrogen (secondary N) is 2. The number of amides is 1. The first-order valence-corrected chi connectivity index (χ1v) is 9.13. The topological polar surface area (TPSA) is 84.1 Å². The normalized spacial score (nSPS) is 24.8. The Morgan fingerprint density at radius 1 is 1.27 bits per heavy atom. The highest BCUT2D eigenvalue weighted by molar-refractivity contribution is 5.94. The van der Waals surface area contributed by atoms with Crippen molar-refractivity contribution in [3.8, 4) is 0 Å². The molecule has 0 unspecified atom stereocenters. The fourth-order valence-electron chi connectivity index (χ4n) is 4.42. The highest BCUT2D eigenvalue weighted by atomic mass is 16.5. The van der Waals surface area contributed by atoms with E-state index in [1.54, 1.807) is 0 Å². The van der Waals surface area contributed by atoms with E-state index in [1.165, 1.54) is 0 Å². The molecule has 4 rings (SSSR count). The molecule has 1 aliphatic heterocycles. The summed E-state index contributed by atoms with van der Waals surface area (Å²) in [5.74, 6) is 0.441. The zero-order chi connectivity index (χ0) is 18.1. The predicted octanol–water partition coefficient (Wildman–Crippen LogP) is 3.23. The first-order valence-electron chi connectivity index (χ1n) is 9.13. The van der Waals surface area contributed by atoms with Crippen molar-refractivity contribution in [2.24, 2.45) is 5.92 Å². The number of rotatable bonds is 3. The molecule has 1 aromatic heterocycles. The second-order valence-corrected chi connectivity index (χ2v) is 7.45. The standard InChI is InChI=1S/C20H23N3O3/c1-13-17-18(23-22-13)21-16(24)11-20(17)9-7-15(8-10-20)19(25)26-12-14-5-3-2-4-6-14/h2-6,15H,7-12H2,1H3,(H2,21,22,23,24). The van der Waals surface area contributed by atoms with Crippen molar-refractivity contribution in [3.05, 3.63) is 47.2 Å². The van der Waals surface area contributed by atoms with E-state index in [1.807, 2.05) is 37.3 Å². The van der Waals surface area contributed by atoms with E-state index in [4.69, 9.17) is 4.74 Å². The molecule has 0 radical (unpaired) electrons. The van der Waals surface area contributed by atoms with E-state index in [0.29, 0.717) is 18.8 Å². The van der Waals surface area contributed by atoms with Gasteiger partial charge in [-0.25, -0.2) is 0 Å². The van der Waals surface area contributed by atoms with Crippen LogP contribution in [0.15, 0.2) is 30.3 Å². The molecule has 1 saturated carbocycles. The molecule has 136 valence electrons. The molecule has 1 aliphatic carbocycles. The summed E-state index contributed by atoms with van der Waals surface area (Å²) < 4.78 is 5.51. The number of aromatic nitrogens is 2. The van der Waals surface area contributed by atoms with Crippen LogP contribution in [0.4, 0.5) is 5.82 Å². The zero-order valence-corrected chi connectivity index (χ0v) is 14.9. The number of benzene rings is 1. The van der Waals surface area contributed by atoms with Gasteiger partial charge in [0.2, 0.25) is 5.91 Å². The molecule has 2 heterocycles. The molecule has 6 nitrogen and oxygen atoms in total. The van der Waals surface area contributed by atoms with Crippen LogP contribution >= 0.6 is 0 Å². The van der Waals surface area contributed by atoms with Crippen LogP contribution in [0.5, 0.6) is 0 Å². The Morgan fingerprint density at radius 3 is 2.73 bits per heavy atom. The number of esters is 1. The van der Waals surface area contributed by atoms with Gasteiger partial charge >= 0.3 is 5.97 Å². The highest BCUT2D eigenvalue weighted by Crippen LogP contribution is 2.49.